The fourth-order valence-electron chi connectivity index (χ4n) is 6.40. The molecule has 0 unspecified atom stereocenters. The molecule has 0 aliphatic rings. The number of nitrogens with zero attached hydrogens (tertiary/aromatic N) is 4. The van der Waals surface area contributed by atoms with Gasteiger partial charge in [-0.2, -0.15) is 43.2 Å². The van der Waals surface area contributed by atoms with Crippen molar-refractivity contribution < 1.29 is 26.3 Å². The molecule has 0 saturated heterocycles. The van der Waals surface area contributed by atoms with Crippen molar-refractivity contribution in [2.75, 3.05) is 0 Å². The van der Waals surface area contributed by atoms with E-state index in [2.05, 4.69) is 15.0 Å². The van der Waals surface area contributed by atoms with Crippen molar-refractivity contribution in [1.29, 1.82) is 5.26 Å². The van der Waals surface area contributed by atoms with Crippen molar-refractivity contribution >= 4 is 43.1 Å². The van der Waals surface area contributed by atoms with Gasteiger partial charge < -0.3 is 0 Å². The van der Waals surface area contributed by atoms with Crippen molar-refractivity contribution in [3.8, 4) is 28.4 Å². The third kappa shape index (κ3) is 4.30. The van der Waals surface area contributed by atoms with Crippen molar-refractivity contribution in [2.45, 2.75) is 12.4 Å². The number of halogens is 6. The number of alkyl halides is 6. The Bertz CT molecular complexity index is 2370. The molecule has 0 bridgehead atoms. The lowest BCUT2D eigenvalue weighted by Crippen LogP contribution is -2.06. The molecular weight excluding hydrogens is 602 g/mol. The monoisotopic (exact) mass is 618 g/mol. The smallest absolute Gasteiger partial charge is 0.181 e. The second-order valence-electron chi connectivity index (χ2n) is 10.6. The van der Waals surface area contributed by atoms with Crippen LogP contribution < -0.4 is 10.7 Å². The molecule has 0 aliphatic carbocycles. The zero-order valence-corrected chi connectivity index (χ0v) is 23.3. The molecular formula is C36H16F6N4. The molecule has 7 aromatic rings. The van der Waals surface area contributed by atoms with Gasteiger partial charge in [-0.15, -0.1) is 4.95 Å². The summed E-state index contributed by atoms with van der Waals surface area (Å²) in [6.45, 7) is 7.63. The molecule has 0 N–H and O–H groups in total. The van der Waals surface area contributed by atoms with E-state index in [1.165, 1.54) is 24.3 Å². The lowest BCUT2D eigenvalue weighted by molar-refractivity contribution is -0.138. The summed E-state index contributed by atoms with van der Waals surface area (Å²) in [4.78, 5) is 7.50. The highest BCUT2D eigenvalue weighted by Gasteiger charge is 2.32. The van der Waals surface area contributed by atoms with Crippen LogP contribution in [0.25, 0.3) is 70.3 Å². The number of nitriles is 1. The Morgan fingerprint density at radius 2 is 0.935 bits per heavy atom. The van der Waals surface area contributed by atoms with Crippen LogP contribution in [0, 0.1) is 18.0 Å². The highest BCUT2D eigenvalue weighted by atomic mass is 19.4. The number of hydrogen-bond donors (Lipinski definition) is 0. The number of benzene rings is 5. The van der Waals surface area contributed by atoms with Crippen LogP contribution in [0.4, 0.5) is 26.3 Å². The zero-order chi connectivity index (χ0) is 32.4. The van der Waals surface area contributed by atoms with Crippen LogP contribution in [-0.2, 0) is 12.4 Å². The molecule has 7 aromatic carbocycles. The van der Waals surface area contributed by atoms with Crippen LogP contribution in [0.15, 0.2) is 107 Å². The maximum Gasteiger partial charge on any atom is 0.416 e. The van der Waals surface area contributed by atoms with Gasteiger partial charge in [-0.3, -0.25) is 0 Å². The largest absolute Gasteiger partial charge is 0.416 e. The summed E-state index contributed by atoms with van der Waals surface area (Å²) in [6, 6.07) is 23.4. The molecule has 0 heterocycles. The summed E-state index contributed by atoms with van der Waals surface area (Å²) in [6.07, 6.45) is -7.32. The fourth-order valence-corrected chi connectivity index (χ4v) is 6.40. The molecule has 0 aromatic heterocycles. The summed E-state index contributed by atoms with van der Waals surface area (Å²) in [7, 11) is 0. The molecule has 4 nitrogen and oxygen atoms in total. The normalized spacial score (nSPS) is 13.2. The predicted octanol–water partition coefficient (Wildman–Crippen LogP) is 9.66. The van der Waals surface area contributed by atoms with Crippen LogP contribution in [0.1, 0.15) is 11.1 Å². The quantitative estimate of drug-likeness (QED) is 0.0824. The summed E-state index contributed by atoms with van der Waals surface area (Å²) < 4.78 is 81.7. The van der Waals surface area contributed by atoms with Gasteiger partial charge in [0, 0.05) is 43.4 Å². The zero-order valence-electron chi connectivity index (χ0n) is 23.3. The van der Waals surface area contributed by atoms with E-state index >= 15 is 0 Å². The Hall–Kier alpha value is -6.00. The Morgan fingerprint density at radius 1 is 0.543 bits per heavy atom. The summed E-state index contributed by atoms with van der Waals surface area (Å²) in [5.74, 6) is 0. The van der Waals surface area contributed by atoms with Crippen LogP contribution >= 0.6 is 0 Å². The van der Waals surface area contributed by atoms with Gasteiger partial charge in [0.1, 0.15) is 0 Å². The summed E-state index contributed by atoms with van der Waals surface area (Å²) in [5.41, 5.74) is -0.00676. The molecule has 0 aliphatic heterocycles. The minimum atomic E-state index is -4.58. The molecule has 0 atom stereocenters. The van der Waals surface area contributed by atoms with E-state index in [0.29, 0.717) is 65.3 Å². The van der Waals surface area contributed by atoms with E-state index < -0.39 is 23.5 Å². The van der Waals surface area contributed by atoms with Gasteiger partial charge in [0.2, 0.25) is 6.19 Å². The topological polar surface area (TPSA) is 52.9 Å². The van der Waals surface area contributed by atoms with Crippen LogP contribution in [0.3, 0.4) is 0 Å². The molecule has 46 heavy (non-hydrogen) atoms. The highest BCUT2D eigenvalue weighted by molar-refractivity contribution is 6.34. The highest BCUT2D eigenvalue weighted by Crippen LogP contribution is 2.48. The van der Waals surface area contributed by atoms with E-state index in [1.807, 2.05) is 6.19 Å². The molecule has 10 heteroatoms. The van der Waals surface area contributed by atoms with Gasteiger partial charge in [-0.05, 0) is 46.2 Å². The van der Waals surface area contributed by atoms with Gasteiger partial charge in [0.05, 0.1) is 21.6 Å². The maximum absolute atomic E-state index is 13.6. The molecule has 7 rings (SSSR count). The molecule has 0 fully saturated rings. The lowest BCUT2D eigenvalue weighted by Gasteiger charge is -2.15. The number of fused-ring (bicyclic) bond motifs is 6. The van der Waals surface area contributed by atoms with Gasteiger partial charge in [-0.25, -0.2) is 0 Å². The van der Waals surface area contributed by atoms with E-state index in [-0.39, 0.29) is 10.7 Å². The maximum atomic E-state index is 13.6. The average Bonchev–Trinajstić information content (AvgIpc) is 3.53. The molecule has 0 spiro atoms. The second kappa shape index (κ2) is 10.3. The molecule has 0 amide bonds. The minimum absolute atomic E-state index is 0.270. The number of rotatable bonds is 2. The first kappa shape index (κ1) is 28.8. The van der Waals surface area contributed by atoms with E-state index in [1.54, 1.807) is 48.5 Å². The van der Waals surface area contributed by atoms with E-state index in [9.17, 15) is 31.6 Å². The Labute approximate surface area is 255 Å². The van der Waals surface area contributed by atoms with Gasteiger partial charge in [0.25, 0.3) is 0 Å². The fraction of sp³-hybridized carbons (Fsp3) is 0.0556. The first-order valence-electron chi connectivity index (χ1n) is 13.7. The van der Waals surface area contributed by atoms with Crippen molar-refractivity contribution in [3.05, 3.63) is 130 Å². The van der Waals surface area contributed by atoms with Crippen LogP contribution in [-0.4, -0.2) is 0 Å². The van der Waals surface area contributed by atoms with Gasteiger partial charge in [-0.1, -0.05) is 72.8 Å². The predicted molar refractivity (Wildman–Crippen MR) is 163 cm³/mol. The van der Waals surface area contributed by atoms with Crippen LogP contribution in [0.5, 0.6) is 0 Å². The third-order valence-electron chi connectivity index (χ3n) is 8.19. The van der Waals surface area contributed by atoms with Crippen molar-refractivity contribution in [1.82, 2.24) is 0 Å². The molecule has 222 valence electrons. The van der Waals surface area contributed by atoms with Crippen molar-refractivity contribution in [2.24, 2.45) is 10.1 Å². The lowest BCUT2D eigenvalue weighted by atomic mass is 9.87. The van der Waals surface area contributed by atoms with E-state index in [4.69, 9.17) is 6.57 Å². The SMILES string of the molecule is [C-]#[N+]/N=c1\c2ccccc2c2c(-c3ccc(C(F)(F)F)cc3)c3/c(=N/C#N)c4ccccc4c3c(-c3ccc(C(F)(F)F)cc3)c12. The summed E-state index contributed by atoms with van der Waals surface area (Å²) >= 11 is 0. The Kier molecular flexibility index (Phi) is 6.43. The molecule has 0 saturated carbocycles. The minimum Gasteiger partial charge on any atom is -0.181 e. The number of hydrogen-bond acceptors (Lipinski definition) is 3. The second-order valence-corrected chi connectivity index (χ2v) is 10.6. The Balaban J connectivity index is 1.82. The van der Waals surface area contributed by atoms with Gasteiger partial charge >= 0.3 is 12.4 Å². The first-order chi connectivity index (χ1) is 22.0. The van der Waals surface area contributed by atoms with Gasteiger partial charge in [0.15, 0.2) is 5.36 Å². The standard InChI is InChI=1S/C36H16F6N4/c1-44-46-34-26-9-5-3-7-24(26)30-27(19-10-14-21(15-11-19)35(37,38)39)31-29(23-6-2-4-8-25(23)33(31)45-18-43)28(32(30)34)20-12-16-22(17-13-20)36(40,41)42/h2-17H/b45-33+,46-34+. The van der Waals surface area contributed by atoms with Crippen molar-refractivity contribution in [3.63, 3.8) is 0 Å². The van der Waals surface area contributed by atoms with Crippen LogP contribution in [0.2, 0.25) is 0 Å². The summed E-state index contributed by atoms with van der Waals surface area (Å²) in [5, 5.41) is 18.8. The van der Waals surface area contributed by atoms with E-state index in [0.717, 1.165) is 24.3 Å². The third-order valence-corrected chi connectivity index (χ3v) is 8.19. The Morgan fingerprint density at radius 3 is 1.33 bits per heavy atom. The molecule has 0 radical (unpaired) electrons. The average molecular weight is 619 g/mol. The first-order valence-corrected chi connectivity index (χ1v) is 13.7.